The lowest BCUT2D eigenvalue weighted by molar-refractivity contribution is -0.108. The molecule has 3 heteroatoms. The highest BCUT2D eigenvalue weighted by molar-refractivity contribution is 7.99. The molecule has 52 valence electrons. The third kappa shape index (κ3) is 1.69. The molecule has 1 saturated heterocycles. The van der Waals surface area contributed by atoms with E-state index >= 15 is 0 Å². The van der Waals surface area contributed by atoms with Gasteiger partial charge in [-0.25, -0.2) is 0 Å². The first-order valence-corrected chi connectivity index (χ1v) is 4.27. The maximum Gasteiger partial charge on any atom is 0.120 e. The van der Waals surface area contributed by atoms with Crippen molar-refractivity contribution in [3.63, 3.8) is 0 Å². The van der Waals surface area contributed by atoms with Crippen LogP contribution in [0.25, 0.3) is 0 Å². The predicted molar refractivity (Wildman–Crippen MR) is 39.5 cm³/mol. The summed E-state index contributed by atoms with van der Waals surface area (Å²) < 4.78 is 0. The fourth-order valence-corrected chi connectivity index (χ4v) is 2.35. The average molecular weight is 145 g/mol. The molecule has 0 saturated carbocycles. The van der Waals surface area contributed by atoms with Crippen molar-refractivity contribution in [1.82, 2.24) is 0 Å². The molecule has 9 heavy (non-hydrogen) atoms. The molecule has 2 unspecified atom stereocenters. The number of hydrogen-bond donors (Lipinski definition) is 1. The van der Waals surface area contributed by atoms with Gasteiger partial charge in [0.2, 0.25) is 0 Å². The number of hydrogen-bond acceptors (Lipinski definition) is 3. The zero-order chi connectivity index (χ0) is 6.69. The van der Waals surface area contributed by atoms with Gasteiger partial charge in [0, 0.05) is 18.2 Å². The zero-order valence-electron chi connectivity index (χ0n) is 5.25. The second kappa shape index (κ2) is 3.22. The molecular weight excluding hydrogens is 134 g/mol. The van der Waals surface area contributed by atoms with Crippen LogP contribution in [0.3, 0.4) is 0 Å². The van der Waals surface area contributed by atoms with Gasteiger partial charge in [-0.3, -0.25) is 0 Å². The van der Waals surface area contributed by atoms with Gasteiger partial charge in [0.05, 0.1) is 0 Å². The second-order valence-corrected chi connectivity index (χ2v) is 3.44. The minimum atomic E-state index is 0.264. The van der Waals surface area contributed by atoms with Crippen molar-refractivity contribution in [3.05, 3.63) is 0 Å². The Morgan fingerprint density at radius 3 is 2.89 bits per heavy atom. The van der Waals surface area contributed by atoms with Gasteiger partial charge in [-0.05, 0) is 11.7 Å². The van der Waals surface area contributed by atoms with Crippen molar-refractivity contribution >= 4 is 18.0 Å². The van der Waals surface area contributed by atoms with Crippen molar-refractivity contribution in [2.45, 2.75) is 12.5 Å². The van der Waals surface area contributed by atoms with Gasteiger partial charge in [-0.15, -0.1) is 0 Å². The van der Waals surface area contributed by atoms with Crippen LogP contribution in [0.15, 0.2) is 0 Å². The zero-order valence-corrected chi connectivity index (χ0v) is 6.06. The van der Waals surface area contributed by atoms with E-state index in [1.54, 1.807) is 0 Å². The third-order valence-corrected chi connectivity index (χ3v) is 2.93. The van der Waals surface area contributed by atoms with E-state index in [2.05, 4.69) is 0 Å². The molecule has 0 aromatic carbocycles. The van der Waals surface area contributed by atoms with Crippen molar-refractivity contribution in [3.8, 4) is 0 Å². The van der Waals surface area contributed by atoms with Crippen molar-refractivity contribution in [2.75, 3.05) is 11.5 Å². The Labute approximate surface area is 59.2 Å². The predicted octanol–water partition coefficient (Wildman–Crippen LogP) is 0.266. The van der Waals surface area contributed by atoms with Gasteiger partial charge in [0.25, 0.3) is 0 Å². The average Bonchev–Trinajstić information content (AvgIpc) is 2.18. The van der Waals surface area contributed by atoms with Crippen LogP contribution in [-0.2, 0) is 4.79 Å². The summed E-state index contributed by atoms with van der Waals surface area (Å²) in [5, 5.41) is 0. The van der Waals surface area contributed by atoms with E-state index in [4.69, 9.17) is 5.73 Å². The lowest BCUT2D eigenvalue weighted by Gasteiger charge is -2.08. The Morgan fingerprint density at radius 1 is 1.67 bits per heavy atom. The van der Waals surface area contributed by atoms with E-state index in [-0.39, 0.29) is 6.04 Å². The molecule has 0 bridgehead atoms. The lowest BCUT2D eigenvalue weighted by atomic mass is 10.0. The van der Waals surface area contributed by atoms with Gasteiger partial charge in [-0.1, -0.05) is 0 Å². The number of nitrogens with two attached hydrogens (primary N) is 1. The summed E-state index contributed by atoms with van der Waals surface area (Å²) in [7, 11) is 0. The summed E-state index contributed by atoms with van der Waals surface area (Å²) in [6.07, 6.45) is 1.62. The fourth-order valence-electron chi connectivity index (χ4n) is 0.982. The summed E-state index contributed by atoms with van der Waals surface area (Å²) in [6, 6.07) is 0.264. The van der Waals surface area contributed by atoms with Crippen LogP contribution in [0.4, 0.5) is 0 Å². The Bertz CT molecular complexity index is 107. The Balaban J connectivity index is 2.30. The highest BCUT2D eigenvalue weighted by atomic mass is 32.2. The monoisotopic (exact) mass is 145 g/mol. The first-order chi connectivity index (χ1) is 4.34. The van der Waals surface area contributed by atoms with Gasteiger partial charge in [0.15, 0.2) is 0 Å². The number of thioether (sulfide) groups is 1. The van der Waals surface area contributed by atoms with Gasteiger partial charge < -0.3 is 10.5 Å². The van der Waals surface area contributed by atoms with Crippen LogP contribution in [0.5, 0.6) is 0 Å². The molecule has 1 aliphatic rings. The van der Waals surface area contributed by atoms with Gasteiger partial charge >= 0.3 is 0 Å². The summed E-state index contributed by atoms with van der Waals surface area (Å²) in [5.41, 5.74) is 5.69. The van der Waals surface area contributed by atoms with Gasteiger partial charge in [0.1, 0.15) is 6.29 Å². The molecule has 2 atom stereocenters. The van der Waals surface area contributed by atoms with Crippen LogP contribution < -0.4 is 5.73 Å². The van der Waals surface area contributed by atoms with Crippen LogP contribution in [0.2, 0.25) is 0 Å². The third-order valence-electron chi connectivity index (χ3n) is 1.65. The quantitative estimate of drug-likeness (QED) is 0.567. The molecule has 1 aliphatic heterocycles. The van der Waals surface area contributed by atoms with Crippen LogP contribution in [0.1, 0.15) is 6.42 Å². The van der Waals surface area contributed by atoms with Crippen LogP contribution in [-0.4, -0.2) is 23.8 Å². The maximum atomic E-state index is 10.0. The largest absolute Gasteiger partial charge is 0.327 e. The minimum absolute atomic E-state index is 0.264. The molecule has 0 aliphatic carbocycles. The molecule has 0 amide bonds. The molecule has 2 N–H and O–H groups in total. The van der Waals surface area contributed by atoms with E-state index in [9.17, 15) is 4.79 Å². The number of carbonyl (C=O) groups excluding carboxylic acids is 1. The minimum Gasteiger partial charge on any atom is -0.327 e. The molecule has 1 fully saturated rings. The Morgan fingerprint density at radius 2 is 2.44 bits per heavy atom. The fraction of sp³-hybridized carbons (Fsp3) is 0.833. The van der Waals surface area contributed by atoms with Crippen LogP contribution >= 0.6 is 11.8 Å². The van der Waals surface area contributed by atoms with E-state index in [1.165, 1.54) is 0 Å². The highest BCUT2D eigenvalue weighted by Crippen LogP contribution is 2.24. The van der Waals surface area contributed by atoms with Crippen molar-refractivity contribution in [2.24, 2.45) is 11.7 Å². The SMILES string of the molecule is NC1CSCC1CC=O. The molecule has 2 nitrogen and oxygen atoms in total. The van der Waals surface area contributed by atoms with E-state index < -0.39 is 0 Å². The topological polar surface area (TPSA) is 43.1 Å². The highest BCUT2D eigenvalue weighted by Gasteiger charge is 2.23. The smallest absolute Gasteiger partial charge is 0.120 e. The summed E-state index contributed by atoms with van der Waals surface area (Å²) in [6.45, 7) is 0. The molecule has 0 radical (unpaired) electrons. The normalized spacial score (nSPS) is 34.8. The first-order valence-electron chi connectivity index (χ1n) is 3.11. The first kappa shape index (κ1) is 7.09. The molecule has 0 spiro atoms. The number of carbonyl (C=O) groups is 1. The van der Waals surface area contributed by atoms with Crippen molar-refractivity contribution in [1.29, 1.82) is 0 Å². The maximum absolute atomic E-state index is 10.0. The molecule has 0 aromatic rings. The number of rotatable bonds is 2. The van der Waals surface area contributed by atoms with E-state index in [0.717, 1.165) is 17.8 Å². The summed E-state index contributed by atoms with van der Waals surface area (Å²) in [5.74, 6) is 2.55. The Hall–Kier alpha value is -0.0200. The molecule has 1 heterocycles. The van der Waals surface area contributed by atoms with Gasteiger partial charge in [-0.2, -0.15) is 11.8 Å². The summed E-state index contributed by atoms with van der Waals surface area (Å²) >= 11 is 1.85. The lowest BCUT2D eigenvalue weighted by Crippen LogP contribution is -2.28. The summed E-state index contributed by atoms with van der Waals surface area (Å²) in [4.78, 5) is 10.0. The second-order valence-electron chi connectivity index (χ2n) is 2.36. The van der Waals surface area contributed by atoms with Crippen LogP contribution in [0, 0.1) is 5.92 Å². The number of aldehydes is 1. The standard InChI is InChI=1S/C6H11NOS/c7-6-4-9-3-5(6)1-2-8/h2,5-6H,1,3-4,7H2. The molecule has 0 aromatic heterocycles. The van der Waals surface area contributed by atoms with E-state index in [0.29, 0.717) is 12.3 Å². The Kier molecular flexibility index (Phi) is 2.54. The molecular formula is C6H11NOS. The van der Waals surface area contributed by atoms with Crippen molar-refractivity contribution < 1.29 is 4.79 Å². The van der Waals surface area contributed by atoms with E-state index in [1.807, 2.05) is 11.8 Å². The molecule has 1 rings (SSSR count).